The Hall–Kier alpha value is -2.79. The highest BCUT2D eigenvalue weighted by Crippen LogP contribution is 2.49. The molecule has 0 radical (unpaired) electrons. The molecule has 26 heteroatoms. The fraction of sp³-hybridized carbons (Fsp3) is 0.933. The summed E-state index contributed by atoms with van der Waals surface area (Å²) in [4.78, 5) is 66.4. The number of hydrogen-bond acceptors (Lipinski definition) is 24. The molecule has 18 unspecified atom stereocenters. The molecule has 1 aliphatic carbocycles. The van der Waals surface area contributed by atoms with E-state index in [1.165, 1.54) is 186 Å². The quantitative estimate of drug-likeness (QED) is 0.00889. The summed E-state index contributed by atoms with van der Waals surface area (Å²) in [6.45, 7) is 5.59. The van der Waals surface area contributed by atoms with Crippen LogP contribution in [0.5, 0.6) is 0 Å². The van der Waals surface area contributed by atoms with Crippen LogP contribution in [0.25, 0.3) is 0 Å². The van der Waals surface area contributed by atoms with Crippen LogP contribution in [-0.2, 0) is 70.7 Å². The average molecular weight is 1670 g/mol. The Labute approximate surface area is 692 Å². The fourth-order valence-corrected chi connectivity index (χ4v) is 16.3. The lowest BCUT2D eigenvalue weighted by Crippen LogP contribution is -2.70. The second kappa shape index (κ2) is 68.7. The summed E-state index contributed by atoms with van der Waals surface area (Å²) in [6, 6.07) is 0. The second-order valence-electron chi connectivity index (χ2n) is 33.2. The van der Waals surface area contributed by atoms with E-state index in [0.29, 0.717) is 38.5 Å². The van der Waals surface area contributed by atoms with Crippen molar-refractivity contribution in [1.29, 1.82) is 0 Å². The Balaban J connectivity index is 1.92. The number of phosphoric acid groups is 1. The van der Waals surface area contributed by atoms with Gasteiger partial charge in [0.15, 0.2) is 24.8 Å². The molecule has 0 amide bonds. The summed E-state index contributed by atoms with van der Waals surface area (Å²) in [5.41, 5.74) is 0. The van der Waals surface area contributed by atoms with Crippen LogP contribution in [0, 0.1) is 0 Å². The van der Waals surface area contributed by atoms with Gasteiger partial charge in [-0.25, -0.2) is 4.57 Å². The van der Waals surface area contributed by atoms with Crippen LogP contribution in [0.1, 0.15) is 400 Å². The summed E-state index contributed by atoms with van der Waals surface area (Å²) < 4.78 is 73.3. The first-order valence-corrected chi connectivity index (χ1v) is 47.9. The number of carbonyl (C=O) groups excluding carboxylic acids is 4. The van der Waals surface area contributed by atoms with Crippen LogP contribution in [-0.4, -0.2) is 205 Å². The first-order chi connectivity index (χ1) is 55.7. The standard InChI is InChI=1S/C89H165O25P/c1-5-9-13-17-21-25-29-33-35-39-42-45-49-53-57-61-72(91)105-66-69(108-74(93)63-59-55-51-47-44-40-36-34-30-26-22-18-14-10-6-2)67-107-115(103,104)114-87-85(112-88-82(101)78(97)76(95)70(65-90)109-88)81(100)80(99)84(111-75(94)64-60-56-52-48-43-38-32-28-24-20-16-12-8-4)86(87)113-89-83(102)79(98)77(96)71(110-89)68-106-73(92)62-58-54-50-46-41-37-31-27-23-19-15-11-7-3/h37,41,69-71,76-90,95-102H,5-36,38-40,42-68H2,1-4H3,(H,103,104)/b41-37-. The van der Waals surface area contributed by atoms with Gasteiger partial charge < -0.3 is 88.7 Å². The molecule has 0 aromatic rings. The molecular weight excluding hydrogens is 1500 g/mol. The monoisotopic (exact) mass is 1670 g/mol. The van der Waals surface area contributed by atoms with Gasteiger partial charge in [0.05, 0.1) is 13.2 Å². The molecule has 2 heterocycles. The van der Waals surface area contributed by atoms with Crippen molar-refractivity contribution in [2.24, 2.45) is 0 Å². The number of aliphatic hydroxyl groups is 9. The third-order valence-corrected chi connectivity index (χ3v) is 23.8. The van der Waals surface area contributed by atoms with Crippen molar-refractivity contribution in [2.75, 3.05) is 26.4 Å². The highest BCUT2D eigenvalue weighted by atomic mass is 31.2. The maximum absolute atomic E-state index is 14.9. The van der Waals surface area contributed by atoms with Gasteiger partial charge in [-0.2, -0.15) is 0 Å². The van der Waals surface area contributed by atoms with Crippen molar-refractivity contribution in [3.63, 3.8) is 0 Å². The van der Waals surface area contributed by atoms with E-state index in [-0.39, 0.29) is 25.7 Å². The largest absolute Gasteiger partial charge is 0.472 e. The molecule has 3 rings (SSSR count). The molecule has 3 fully saturated rings. The van der Waals surface area contributed by atoms with E-state index < -0.39 is 162 Å². The van der Waals surface area contributed by atoms with Crippen molar-refractivity contribution in [3.8, 4) is 0 Å². The zero-order valence-electron chi connectivity index (χ0n) is 71.9. The van der Waals surface area contributed by atoms with E-state index in [1.807, 2.05) is 0 Å². The molecule has 0 aromatic heterocycles. The number of allylic oxidation sites excluding steroid dienone is 2. The zero-order valence-corrected chi connectivity index (χ0v) is 72.7. The number of phosphoric ester groups is 1. The van der Waals surface area contributed by atoms with Crippen LogP contribution < -0.4 is 0 Å². The van der Waals surface area contributed by atoms with Gasteiger partial charge in [-0.3, -0.25) is 28.2 Å². The Morgan fingerprint density at radius 2 is 0.652 bits per heavy atom. The highest BCUT2D eigenvalue weighted by molar-refractivity contribution is 7.47. The molecule has 0 bridgehead atoms. The van der Waals surface area contributed by atoms with E-state index in [2.05, 4.69) is 39.8 Å². The van der Waals surface area contributed by atoms with Gasteiger partial charge in [-0.05, 0) is 51.4 Å². The van der Waals surface area contributed by atoms with Gasteiger partial charge in [0.1, 0.15) is 92.6 Å². The van der Waals surface area contributed by atoms with Crippen molar-refractivity contribution in [1.82, 2.24) is 0 Å². The van der Waals surface area contributed by atoms with Gasteiger partial charge in [0.2, 0.25) is 0 Å². The second-order valence-corrected chi connectivity index (χ2v) is 34.6. The summed E-state index contributed by atoms with van der Waals surface area (Å²) in [5, 5.41) is 102. The molecule has 676 valence electrons. The third-order valence-electron chi connectivity index (χ3n) is 22.8. The third kappa shape index (κ3) is 49.2. The Morgan fingerprint density at radius 1 is 0.339 bits per heavy atom. The molecule has 1 saturated carbocycles. The number of carbonyl (C=O) groups is 4. The minimum atomic E-state index is -5.80. The molecule has 2 aliphatic heterocycles. The van der Waals surface area contributed by atoms with Crippen molar-refractivity contribution < 1.29 is 122 Å². The number of hydrogen-bond donors (Lipinski definition) is 10. The van der Waals surface area contributed by atoms with Gasteiger partial charge in [-0.1, -0.05) is 335 Å². The predicted molar refractivity (Wildman–Crippen MR) is 444 cm³/mol. The first kappa shape index (κ1) is 106. The van der Waals surface area contributed by atoms with E-state index >= 15 is 0 Å². The number of ether oxygens (including phenoxy) is 8. The first-order valence-electron chi connectivity index (χ1n) is 46.4. The van der Waals surface area contributed by atoms with E-state index in [0.717, 1.165) is 122 Å². The Kier molecular flexibility index (Phi) is 63.6. The zero-order chi connectivity index (χ0) is 84.0. The van der Waals surface area contributed by atoms with Gasteiger partial charge in [-0.15, -0.1) is 0 Å². The van der Waals surface area contributed by atoms with Crippen molar-refractivity contribution >= 4 is 31.7 Å². The lowest BCUT2D eigenvalue weighted by molar-refractivity contribution is -0.360. The van der Waals surface area contributed by atoms with Crippen LogP contribution in [0.2, 0.25) is 0 Å². The van der Waals surface area contributed by atoms with Crippen molar-refractivity contribution in [2.45, 2.75) is 504 Å². The maximum Gasteiger partial charge on any atom is 0.472 e. The number of rotatable bonds is 75. The number of aliphatic hydroxyl groups excluding tert-OH is 9. The lowest BCUT2D eigenvalue weighted by Gasteiger charge is -2.50. The number of esters is 4. The Morgan fingerprint density at radius 3 is 1.04 bits per heavy atom. The molecule has 10 N–H and O–H groups in total. The molecule has 115 heavy (non-hydrogen) atoms. The fourth-order valence-electron chi connectivity index (χ4n) is 15.4. The minimum Gasteiger partial charge on any atom is -0.463 e. The summed E-state index contributed by atoms with van der Waals surface area (Å²) in [7, 11) is -5.80. The smallest absolute Gasteiger partial charge is 0.463 e. The molecule has 2 saturated heterocycles. The van der Waals surface area contributed by atoms with E-state index in [4.69, 9.17) is 46.9 Å². The van der Waals surface area contributed by atoms with E-state index in [1.54, 1.807) is 0 Å². The topological polar surface area (TPSA) is 380 Å². The van der Waals surface area contributed by atoms with Crippen molar-refractivity contribution in [3.05, 3.63) is 12.2 Å². The highest BCUT2D eigenvalue weighted by Gasteiger charge is 2.60. The molecule has 3 aliphatic rings. The number of unbranched alkanes of at least 4 members (excludes halogenated alkanes) is 49. The normalized spacial score (nSPS) is 25.3. The van der Waals surface area contributed by atoms with Crippen LogP contribution in [0.4, 0.5) is 0 Å². The maximum atomic E-state index is 14.9. The SMILES string of the molecule is CCCCCCCC/C=C\CCCCCC(=O)OCC1OC(OC2C(OC(=O)CCCCCCCCCCCCCCC)C(O)C(O)C(OC3OC(CO)C(O)C(O)C3O)C2OP(=O)(O)OCC(COC(=O)CCCCCCCCCCCCCCCCC)OC(=O)CCCCCCCCCCCCCCCCC)C(O)C(O)C1O. The van der Waals surface area contributed by atoms with E-state index in [9.17, 15) is 74.6 Å². The molecule has 25 nitrogen and oxygen atoms in total. The Bertz CT molecular complexity index is 2440. The van der Waals surface area contributed by atoms with Crippen LogP contribution >= 0.6 is 7.82 Å². The molecule has 0 aromatic carbocycles. The summed E-state index contributed by atoms with van der Waals surface area (Å²) in [5.74, 6) is -2.97. The van der Waals surface area contributed by atoms with Gasteiger partial charge >= 0.3 is 31.7 Å². The van der Waals surface area contributed by atoms with Crippen LogP contribution in [0.15, 0.2) is 12.2 Å². The predicted octanol–water partition coefficient (Wildman–Crippen LogP) is 16.8. The van der Waals surface area contributed by atoms with Crippen LogP contribution in [0.3, 0.4) is 0 Å². The van der Waals surface area contributed by atoms with Gasteiger partial charge in [0.25, 0.3) is 0 Å². The summed E-state index contributed by atoms with van der Waals surface area (Å²) in [6.07, 6.45) is 26.4. The molecule has 0 spiro atoms. The van der Waals surface area contributed by atoms with Gasteiger partial charge in [0, 0.05) is 25.7 Å². The molecular formula is C89H165O25P. The lowest BCUT2D eigenvalue weighted by atomic mass is 9.84. The minimum absolute atomic E-state index is 0.00430. The molecule has 18 atom stereocenters. The average Bonchev–Trinajstić information content (AvgIpc) is 0.756. The summed E-state index contributed by atoms with van der Waals surface area (Å²) >= 11 is 0.